The highest BCUT2D eigenvalue weighted by atomic mass is 32.2. The third-order valence-electron chi connectivity index (χ3n) is 4.98. The van der Waals surface area contributed by atoms with E-state index in [1.54, 1.807) is 47.5 Å². The quantitative estimate of drug-likeness (QED) is 0.690. The minimum Gasteiger partial charge on any atom is -0.381 e. The maximum absolute atomic E-state index is 13.1. The lowest BCUT2D eigenvalue weighted by Crippen LogP contribution is -2.36. The van der Waals surface area contributed by atoms with Crippen molar-refractivity contribution in [2.45, 2.75) is 23.8 Å². The molecule has 0 radical (unpaired) electrons. The largest absolute Gasteiger partial charge is 0.381 e. The van der Waals surface area contributed by atoms with E-state index in [4.69, 9.17) is 4.74 Å². The molecule has 0 saturated carbocycles. The Morgan fingerprint density at radius 2 is 1.86 bits per heavy atom. The van der Waals surface area contributed by atoms with Gasteiger partial charge in [-0.3, -0.25) is 4.98 Å². The number of rotatable bonds is 6. The normalized spacial score (nSPS) is 16.7. The molecule has 0 unspecified atom stereocenters. The van der Waals surface area contributed by atoms with Crippen molar-refractivity contribution in [3.05, 3.63) is 72.8 Å². The van der Waals surface area contributed by atoms with Crippen molar-refractivity contribution in [1.82, 2.24) is 19.5 Å². The fourth-order valence-corrected chi connectivity index (χ4v) is 4.77. The first kappa shape index (κ1) is 18.8. The molecule has 1 aliphatic heterocycles. The van der Waals surface area contributed by atoms with Gasteiger partial charge in [0.2, 0.25) is 10.0 Å². The van der Waals surface area contributed by atoms with Crippen LogP contribution in [0, 0.1) is 5.92 Å². The molecule has 0 aliphatic carbocycles. The van der Waals surface area contributed by atoms with Crippen LogP contribution >= 0.6 is 0 Å². The van der Waals surface area contributed by atoms with Crippen molar-refractivity contribution in [1.29, 1.82) is 0 Å². The molecule has 2 aromatic heterocycles. The van der Waals surface area contributed by atoms with Gasteiger partial charge in [0.1, 0.15) is 0 Å². The first-order chi connectivity index (χ1) is 13.6. The van der Waals surface area contributed by atoms with E-state index >= 15 is 0 Å². The number of nitrogens with one attached hydrogen (secondary N) is 1. The SMILES string of the molecule is O=S(=O)(N[C@@H](c1cccnc1)C1CCOCC1)c1ccc(-n2cccn2)cc1. The van der Waals surface area contributed by atoms with Crippen LogP contribution in [0.5, 0.6) is 0 Å². The van der Waals surface area contributed by atoms with Crippen molar-refractivity contribution < 1.29 is 13.2 Å². The first-order valence-electron chi connectivity index (χ1n) is 9.23. The minimum absolute atomic E-state index is 0.163. The molecular weight excluding hydrogens is 376 g/mol. The minimum atomic E-state index is -3.69. The topological polar surface area (TPSA) is 86.1 Å². The van der Waals surface area contributed by atoms with E-state index in [-0.39, 0.29) is 16.9 Å². The van der Waals surface area contributed by atoms with Gasteiger partial charge in [0, 0.05) is 38.0 Å². The molecular formula is C20H22N4O3S. The molecule has 28 heavy (non-hydrogen) atoms. The summed E-state index contributed by atoms with van der Waals surface area (Å²) in [6.07, 6.45) is 8.51. The van der Waals surface area contributed by atoms with Gasteiger partial charge >= 0.3 is 0 Å². The summed E-state index contributed by atoms with van der Waals surface area (Å²) < 4.78 is 36.2. The van der Waals surface area contributed by atoms with Gasteiger partial charge < -0.3 is 4.74 Å². The van der Waals surface area contributed by atoms with Crippen molar-refractivity contribution in [3.63, 3.8) is 0 Å². The molecule has 3 heterocycles. The third kappa shape index (κ3) is 4.14. The number of hydrogen-bond donors (Lipinski definition) is 1. The number of ether oxygens (including phenoxy) is 1. The number of aromatic nitrogens is 3. The monoisotopic (exact) mass is 398 g/mol. The molecule has 3 aromatic rings. The van der Waals surface area contributed by atoms with Crippen LogP contribution in [0.1, 0.15) is 24.4 Å². The molecule has 0 amide bonds. The number of benzene rings is 1. The van der Waals surface area contributed by atoms with E-state index in [0.29, 0.717) is 13.2 Å². The molecule has 7 nitrogen and oxygen atoms in total. The molecule has 1 fully saturated rings. The van der Waals surface area contributed by atoms with Crippen LogP contribution < -0.4 is 4.72 Å². The van der Waals surface area contributed by atoms with E-state index in [1.165, 1.54) is 0 Å². The van der Waals surface area contributed by atoms with E-state index in [1.807, 2.05) is 24.4 Å². The molecule has 1 saturated heterocycles. The van der Waals surface area contributed by atoms with Crippen molar-refractivity contribution in [2.75, 3.05) is 13.2 Å². The zero-order valence-corrected chi connectivity index (χ0v) is 16.1. The summed E-state index contributed by atoms with van der Waals surface area (Å²) in [6.45, 7) is 1.28. The predicted octanol–water partition coefficient (Wildman–Crippen LogP) is 2.71. The van der Waals surface area contributed by atoms with Crippen molar-refractivity contribution >= 4 is 10.0 Å². The fraction of sp³-hybridized carbons (Fsp3) is 0.300. The summed E-state index contributed by atoms with van der Waals surface area (Å²) in [7, 11) is -3.69. The Hall–Kier alpha value is -2.55. The van der Waals surface area contributed by atoms with Gasteiger partial charge in [-0.05, 0) is 60.7 Å². The summed E-state index contributed by atoms with van der Waals surface area (Å²) in [5.74, 6) is 0.163. The van der Waals surface area contributed by atoms with Crippen molar-refractivity contribution in [2.24, 2.45) is 5.92 Å². The van der Waals surface area contributed by atoms with Gasteiger partial charge in [-0.1, -0.05) is 6.07 Å². The van der Waals surface area contributed by atoms with E-state index < -0.39 is 10.0 Å². The van der Waals surface area contributed by atoms with Crippen LogP contribution in [0.3, 0.4) is 0 Å². The van der Waals surface area contributed by atoms with Crippen LogP contribution in [0.4, 0.5) is 0 Å². The molecule has 0 spiro atoms. The smallest absolute Gasteiger partial charge is 0.241 e. The van der Waals surface area contributed by atoms with Crippen LogP contribution in [0.15, 0.2) is 72.1 Å². The Labute approximate surface area is 164 Å². The number of hydrogen-bond acceptors (Lipinski definition) is 5. The third-order valence-corrected chi connectivity index (χ3v) is 6.44. The van der Waals surface area contributed by atoms with E-state index in [9.17, 15) is 8.42 Å². The lowest BCUT2D eigenvalue weighted by atomic mass is 9.88. The second kappa shape index (κ2) is 8.22. The van der Waals surface area contributed by atoms with E-state index in [0.717, 1.165) is 24.1 Å². The summed E-state index contributed by atoms with van der Waals surface area (Å²) in [5.41, 5.74) is 1.67. The fourth-order valence-electron chi connectivity index (χ4n) is 3.48. The average Bonchev–Trinajstić information content (AvgIpc) is 3.28. The van der Waals surface area contributed by atoms with Gasteiger partial charge in [-0.15, -0.1) is 0 Å². The number of pyridine rings is 1. The Kier molecular flexibility index (Phi) is 5.52. The summed E-state index contributed by atoms with van der Waals surface area (Å²) in [5, 5.41) is 4.16. The maximum Gasteiger partial charge on any atom is 0.241 e. The standard InChI is InChI=1S/C20H22N4O3S/c25-28(26,19-6-4-18(5-7-19)24-12-2-11-22-24)23-20(16-8-13-27-14-9-16)17-3-1-10-21-15-17/h1-7,10-12,15-16,20,23H,8-9,13-14H2/t20-/m1/s1. The average molecular weight is 398 g/mol. The summed E-state index contributed by atoms with van der Waals surface area (Å²) in [6, 6.07) is 11.9. The molecule has 4 rings (SSSR count). The molecule has 1 N–H and O–H groups in total. The van der Waals surface area contributed by atoms with Crippen LogP contribution in [0.2, 0.25) is 0 Å². The lowest BCUT2D eigenvalue weighted by molar-refractivity contribution is 0.0564. The Morgan fingerprint density at radius 3 is 2.50 bits per heavy atom. The van der Waals surface area contributed by atoms with Gasteiger partial charge in [-0.2, -0.15) is 5.10 Å². The van der Waals surface area contributed by atoms with Crippen LogP contribution in [0.25, 0.3) is 5.69 Å². The molecule has 1 aliphatic rings. The second-order valence-electron chi connectivity index (χ2n) is 6.78. The molecule has 1 aromatic carbocycles. The zero-order chi connectivity index (χ0) is 19.4. The summed E-state index contributed by atoms with van der Waals surface area (Å²) in [4.78, 5) is 4.39. The summed E-state index contributed by atoms with van der Waals surface area (Å²) >= 11 is 0. The molecule has 1 atom stereocenters. The van der Waals surface area contributed by atoms with Gasteiger partial charge in [0.25, 0.3) is 0 Å². The number of nitrogens with zero attached hydrogens (tertiary/aromatic N) is 3. The van der Waals surface area contributed by atoms with Crippen molar-refractivity contribution in [3.8, 4) is 5.69 Å². The van der Waals surface area contributed by atoms with Gasteiger partial charge in [0.15, 0.2) is 0 Å². The Balaban J connectivity index is 1.59. The molecule has 8 heteroatoms. The van der Waals surface area contributed by atoms with Gasteiger partial charge in [-0.25, -0.2) is 17.8 Å². The van der Waals surface area contributed by atoms with Gasteiger partial charge in [0.05, 0.1) is 16.6 Å². The zero-order valence-electron chi connectivity index (χ0n) is 15.3. The Morgan fingerprint density at radius 1 is 1.07 bits per heavy atom. The molecule has 146 valence electrons. The molecule has 0 bridgehead atoms. The maximum atomic E-state index is 13.1. The highest BCUT2D eigenvalue weighted by Crippen LogP contribution is 2.31. The number of sulfonamides is 1. The predicted molar refractivity (Wildman–Crippen MR) is 104 cm³/mol. The second-order valence-corrected chi connectivity index (χ2v) is 8.49. The lowest BCUT2D eigenvalue weighted by Gasteiger charge is -2.31. The first-order valence-corrected chi connectivity index (χ1v) is 10.7. The Bertz CT molecular complexity index is 984. The highest BCUT2D eigenvalue weighted by molar-refractivity contribution is 7.89. The van der Waals surface area contributed by atoms with E-state index in [2.05, 4.69) is 14.8 Å². The highest BCUT2D eigenvalue weighted by Gasteiger charge is 2.30. The van der Waals surface area contributed by atoms with Crippen LogP contribution in [-0.2, 0) is 14.8 Å². The van der Waals surface area contributed by atoms with Crippen LogP contribution in [-0.4, -0.2) is 36.4 Å².